The Morgan fingerprint density at radius 3 is 2.67 bits per heavy atom. The number of carbonyl (C=O) groups excluding carboxylic acids is 1. The number of alkyl halides is 1. The summed E-state index contributed by atoms with van der Waals surface area (Å²) in [6.07, 6.45) is 4.81. The van der Waals surface area contributed by atoms with Gasteiger partial charge in [0.05, 0.1) is 28.6 Å². The Morgan fingerprint density at radius 2 is 1.98 bits per heavy atom. The smallest absolute Gasteiger partial charge is 0.257 e. The molecule has 1 amide bonds. The molecule has 2 atom stereocenters. The third-order valence-electron chi connectivity index (χ3n) is 8.85. The molecule has 1 aliphatic heterocycles. The Kier molecular flexibility index (Phi) is 8.68. The molecule has 1 N–H and O–H groups in total. The Labute approximate surface area is 276 Å². The second kappa shape index (κ2) is 12.3. The second-order valence-electron chi connectivity index (χ2n) is 12.9. The Balaban J connectivity index is 1.30. The topological polar surface area (TPSA) is 86.9 Å². The van der Waals surface area contributed by atoms with Gasteiger partial charge in [0, 0.05) is 47.4 Å². The SMILES string of the molecule is CC(C)(C)[Si](C)(C)OCCc1ccc(-c2cc(Cl)c3cn([C@@H](C(=O)Nc4nccs4)c4ncn5c4C[C@@H](F)C5)nc3c2Cl)cc1. The quantitative estimate of drug-likeness (QED) is 0.158. The number of aromatic nitrogens is 5. The molecule has 236 valence electrons. The normalized spacial score (nSPS) is 15.9. The number of nitrogens with zero attached hydrogens (tertiary/aromatic N) is 5. The number of amides is 1. The number of carbonyl (C=O) groups is 1. The van der Waals surface area contributed by atoms with Crippen LogP contribution < -0.4 is 5.32 Å². The van der Waals surface area contributed by atoms with E-state index in [-0.39, 0.29) is 18.0 Å². The van der Waals surface area contributed by atoms with Crippen molar-refractivity contribution < 1.29 is 13.6 Å². The van der Waals surface area contributed by atoms with Crippen LogP contribution in [0.2, 0.25) is 28.2 Å². The summed E-state index contributed by atoms with van der Waals surface area (Å²) in [5.74, 6) is -0.401. The third-order valence-corrected chi connectivity index (χ3v) is 14.8. The molecule has 0 saturated heterocycles. The van der Waals surface area contributed by atoms with Gasteiger partial charge in [-0.25, -0.2) is 14.4 Å². The number of benzene rings is 2. The summed E-state index contributed by atoms with van der Waals surface area (Å²) in [6.45, 7) is 12.1. The lowest BCUT2D eigenvalue weighted by molar-refractivity contribution is -0.118. The average molecular weight is 686 g/mol. The third kappa shape index (κ3) is 6.33. The zero-order chi connectivity index (χ0) is 32.1. The van der Waals surface area contributed by atoms with Crippen molar-refractivity contribution in [3.63, 3.8) is 0 Å². The van der Waals surface area contributed by atoms with Crippen molar-refractivity contribution in [2.75, 3.05) is 11.9 Å². The number of nitrogens with one attached hydrogen (secondary N) is 1. The van der Waals surface area contributed by atoms with Crippen molar-refractivity contribution in [2.24, 2.45) is 0 Å². The maximum atomic E-state index is 14.3. The highest BCUT2D eigenvalue weighted by atomic mass is 35.5. The van der Waals surface area contributed by atoms with Gasteiger partial charge in [-0.15, -0.1) is 11.3 Å². The van der Waals surface area contributed by atoms with Gasteiger partial charge in [-0.2, -0.15) is 5.10 Å². The van der Waals surface area contributed by atoms with Crippen LogP contribution in [0.15, 0.2) is 54.4 Å². The van der Waals surface area contributed by atoms with E-state index in [1.165, 1.54) is 21.6 Å². The maximum absolute atomic E-state index is 14.3. The maximum Gasteiger partial charge on any atom is 0.257 e. The monoisotopic (exact) mass is 684 g/mol. The van der Waals surface area contributed by atoms with E-state index in [2.05, 4.69) is 61.3 Å². The molecular weight excluding hydrogens is 650 g/mol. The molecule has 0 aliphatic carbocycles. The summed E-state index contributed by atoms with van der Waals surface area (Å²) in [5.41, 5.74) is 4.34. The van der Waals surface area contributed by atoms with Crippen molar-refractivity contribution in [1.82, 2.24) is 24.3 Å². The van der Waals surface area contributed by atoms with Gasteiger partial charge >= 0.3 is 0 Å². The summed E-state index contributed by atoms with van der Waals surface area (Å²) in [7, 11) is -1.81. The summed E-state index contributed by atoms with van der Waals surface area (Å²) < 4.78 is 23.9. The first-order valence-electron chi connectivity index (χ1n) is 14.8. The highest BCUT2D eigenvalue weighted by Crippen LogP contribution is 2.40. The van der Waals surface area contributed by atoms with Crippen LogP contribution in [-0.4, -0.2) is 51.3 Å². The Bertz CT molecular complexity index is 1850. The number of halogens is 3. The first kappa shape index (κ1) is 31.9. The number of hydrogen-bond donors (Lipinski definition) is 1. The van der Waals surface area contributed by atoms with Crippen LogP contribution in [0.3, 0.4) is 0 Å². The van der Waals surface area contributed by atoms with E-state index < -0.39 is 26.4 Å². The second-order valence-corrected chi connectivity index (χ2v) is 19.4. The summed E-state index contributed by atoms with van der Waals surface area (Å²) in [5, 5.41) is 11.5. The lowest BCUT2D eigenvalue weighted by Gasteiger charge is -2.36. The predicted octanol–water partition coefficient (Wildman–Crippen LogP) is 8.35. The molecule has 8 nitrogen and oxygen atoms in total. The Morgan fingerprint density at radius 1 is 1.22 bits per heavy atom. The number of imidazole rings is 1. The van der Waals surface area contributed by atoms with Gasteiger partial charge in [0.25, 0.3) is 5.91 Å². The van der Waals surface area contributed by atoms with E-state index in [0.29, 0.717) is 44.1 Å². The van der Waals surface area contributed by atoms with Crippen LogP contribution in [0.25, 0.3) is 22.0 Å². The van der Waals surface area contributed by atoms with Gasteiger partial charge in [0.2, 0.25) is 0 Å². The molecular formula is C32H35Cl2FN6O2SSi. The largest absolute Gasteiger partial charge is 0.416 e. The van der Waals surface area contributed by atoms with Crippen molar-refractivity contribution in [3.05, 3.63) is 81.4 Å². The lowest BCUT2D eigenvalue weighted by Crippen LogP contribution is -2.41. The highest BCUT2D eigenvalue weighted by molar-refractivity contribution is 7.13. The zero-order valence-corrected chi connectivity index (χ0v) is 29.1. The van der Waals surface area contributed by atoms with Crippen molar-refractivity contribution in [3.8, 4) is 11.1 Å². The summed E-state index contributed by atoms with van der Waals surface area (Å²) in [6, 6.07) is 9.02. The summed E-state index contributed by atoms with van der Waals surface area (Å²) >= 11 is 15.1. The average Bonchev–Trinajstić information content (AvgIpc) is 3.77. The molecule has 5 aromatic rings. The van der Waals surface area contributed by atoms with Crippen LogP contribution in [0.5, 0.6) is 0 Å². The number of anilines is 1. The van der Waals surface area contributed by atoms with E-state index in [9.17, 15) is 9.18 Å². The van der Waals surface area contributed by atoms with E-state index in [1.54, 1.807) is 28.7 Å². The van der Waals surface area contributed by atoms with E-state index in [0.717, 1.165) is 17.5 Å². The number of fused-ring (bicyclic) bond motifs is 2. The molecule has 0 bridgehead atoms. The number of hydrogen-bond acceptors (Lipinski definition) is 6. The number of thiazole rings is 1. The van der Waals surface area contributed by atoms with Crippen molar-refractivity contribution in [2.45, 2.75) is 70.5 Å². The first-order chi connectivity index (χ1) is 21.3. The number of rotatable bonds is 9. The highest BCUT2D eigenvalue weighted by Gasteiger charge is 2.37. The molecule has 2 aromatic carbocycles. The minimum Gasteiger partial charge on any atom is -0.416 e. The fourth-order valence-corrected chi connectivity index (χ4v) is 7.43. The van der Waals surface area contributed by atoms with Crippen LogP contribution >= 0.6 is 34.5 Å². The fraction of sp³-hybridized carbons (Fsp3) is 0.375. The molecule has 13 heteroatoms. The Hall–Kier alpha value is -3.09. The molecule has 0 unspecified atom stereocenters. The van der Waals surface area contributed by atoms with Crippen LogP contribution in [0.1, 0.15) is 43.8 Å². The first-order valence-corrected chi connectivity index (χ1v) is 19.4. The van der Waals surface area contributed by atoms with Crippen molar-refractivity contribution >= 4 is 64.8 Å². The molecule has 3 aromatic heterocycles. The van der Waals surface area contributed by atoms with Gasteiger partial charge in [0.1, 0.15) is 11.7 Å². The molecule has 6 rings (SSSR count). The van der Waals surface area contributed by atoms with Gasteiger partial charge in [-0.3, -0.25) is 14.8 Å². The summed E-state index contributed by atoms with van der Waals surface area (Å²) in [4.78, 5) is 22.4. The van der Waals surface area contributed by atoms with E-state index in [1.807, 2.05) is 18.2 Å². The van der Waals surface area contributed by atoms with Crippen LogP contribution in [-0.2, 0) is 28.6 Å². The minimum absolute atomic E-state index is 0.166. The van der Waals surface area contributed by atoms with Gasteiger partial charge < -0.3 is 8.99 Å². The van der Waals surface area contributed by atoms with Gasteiger partial charge in [-0.1, -0.05) is 68.2 Å². The van der Waals surface area contributed by atoms with Gasteiger partial charge in [-0.05, 0) is 41.7 Å². The lowest BCUT2D eigenvalue weighted by atomic mass is 10.0. The molecule has 0 spiro atoms. The zero-order valence-electron chi connectivity index (χ0n) is 25.8. The van der Waals surface area contributed by atoms with Crippen molar-refractivity contribution in [1.29, 1.82) is 0 Å². The molecule has 0 saturated carbocycles. The minimum atomic E-state index is -1.81. The van der Waals surface area contributed by atoms with Gasteiger partial charge in [0.15, 0.2) is 19.5 Å². The van der Waals surface area contributed by atoms with Crippen LogP contribution in [0, 0.1) is 0 Å². The molecule has 1 aliphatic rings. The standard InChI is InChI=1S/C32H35Cl2FN6O2SSi/c1-32(2,3)45(4,5)43-12-10-19-6-8-20(9-7-19)22-15-24(33)23-17-41(39-27(23)26(22)34)29(30(42)38-31-36-11-13-44-31)28-25-14-21(35)16-40(25)18-37-28/h6-9,11,13,15,17-18,21,29H,10,12,14,16H2,1-5H3,(H,36,38,42)/t21-,29-/m1/s1. The molecule has 45 heavy (non-hydrogen) atoms. The molecule has 0 fully saturated rings. The van der Waals surface area contributed by atoms with E-state index >= 15 is 0 Å². The predicted molar refractivity (Wildman–Crippen MR) is 182 cm³/mol. The fourth-order valence-electron chi connectivity index (χ4n) is 5.30. The van der Waals surface area contributed by atoms with E-state index in [4.69, 9.17) is 32.7 Å². The van der Waals surface area contributed by atoms with Crippen LogP contribution in [0.4, 0.5) is 9.52 Å². The molecule has 0 radical (unpaired) electrons. The molecule has 4 heterocycles.